The summed E-state index contributed by atoms with van der Waals surface area (Å²) in [4.78, 5) is 16.4. The molecule has 80 valence electrons. The standard InChI is InChI=1S/C10H19NO2Si/c1-6-7-8-9-10(12)13-11(2)14(3,4)5/h1H,7-9H2,2-5H3. The SMILES string of the molecule is C#CCCCC(=O)ON(C)[Si](C)(C)C. The van der Waals surface area contributed by atoms with Crippen LogP contribution in [-0.4, -0.2) is 26.0 Å². The van der Waals surface area contributed by atoms with Crippen LogP contribution in [-0.2, 0) is 9.63 Å². The first-order valence-electron chi connectivity index (χ1n) is 4.76. The number of terminal acetylenes is 1. The lowest BCUT2D eigenvalue weighted by Gasteiger charge is -2.27. The van der Waals surface area contributed by atoms with E-state index in [1.165, 1.54) is 0 Å². The van der Waals surface area contributed by atoms with E-state index in [-0.39, 0.29) is 5.97 Å². The summed E-state index contributed by atoms with van der Waals surface area (Å²) in [6, 6.07) is 0. The summed E-state index contributed by atoms with van der Waals surface area (Å²) in [6.07, 6.45) is 6.82. The van der Waals surface area contributed by atoms with Crippen LogP contribution in [0.15, 0.2) is 0 Å². The maximum absolute atomic E-state index is 11.3. The largest absolute Gasteiger partial charge is 0.376 e. The highest BCUT2D eigenvalue weighted by molar-refractivity contribution is 6.73. The van der Waals surface area contributed by atoms with Crippen LogP contribution >= 0.6 is 0 Å². The van der Waals surface area contributed by atoms with Gasteiger partial charge in [0.1, 0.15) is 0 Å². The van der Waals surface area contributed by atoms with Gasteiger partial charge in [-0.3, -0.25) is 4.79 Å². The predicted molar refractivity (Wildman–Crippen MR) is 59.9 cm³/mol. The van der Waals surface area contributed by atoms with Crippen LogP contribution < -0.4 is 0 Å². The molecular weight excluding hydrogens is 194 g/mol. The van der Waals surface area contributed by atoms with Gasteiger partial charge in [0.25, 0.3) is 0 Å². The van der Waals surface area contributed by atoms with Crippen molar-refractivity contribution in [1.82, 2.24) is 4.73 Å². The van der Waals surface area contributed by atoms with Gasteiger partial charge < -0.3 is 4.84 Å². The lowest BCUT2D eigenvalue weighted by atomic mass is 10.2. The molecule has 4 heteroatoms. The average molecular weight is 213 g/mol. The van der Waals surface area contributed by atoms with Gasteiger partial charge in [-0.2, -0.15) is 4.73 Å². The van der Waals surface area contributed by atoms with Gasteiger partial charge in [0.15, 0.2) is 8.24 Å². The van der Waals surface area contributed by atoms with E-state index in [1.807, 2.05) is 7.05 Å². The highest BCUT2D eigenvalue weighted by atomic mass is 28.3. The molecule has 0 aromatic carbocycles. The third-order valence-electron chi connectivity index (χ3n) is 1.89. The van der Waals surface area contributed by atoms with Gasteiger partial charge in [-0.05, 0) is 6.42 Å². The summed E-state index contributed by atoms with van der Waals surface area (Å²) in [6.45, 7) is 6.34. The van der Waals surface area contributed by atoms with Crippen molar-refractivity contribution in [2.45, 2.75) is 38.9 Å². The number of hydroxylamine groups is 1. The fraction of sp³-hybridized carbons (Fsp3) is 0.700. The summed E-state index contributed by atoms with van der Waals surface area (Å²) in [5.41, 5.74) is 0. The number of unbranched alkanes of at least 4 members (excludes halogenated alkanes) is 1. The zero-order valence-corrected chi connectivity index (χ0v) is 10.5. The van der Waals surface area contributed by atoms with Crippen LogP contribution in [0.1, 0.15) is 19.3 Å². The molecule has 0 rings (SSSR count). The molecule has 14 heavy (non-hydrogen) atoms. The van der Waals surface area contributed by atoms with Gasteiger partial charge in [0, 0.05) is 19.9 Å². The second kappa shape index (κ2) is 5.84. The fourth-order valence-electron chi connectivity index (χ4n) is 0.670. The molecule has 0 aromatic heterocycles. The van der Waals surface area contributed by atoms with Crippen LogP contribution in [0.2, 0.25) is 19.6 Å². The Balaban J connectivity index is 3.79. The molecule has 3 nitrogen and oxygen atoms in total. The minimum atomic E-state index is -1.52. The number of carbonyl (C=O) groups excluding carboxylic acids is 1. The summed E-state index contributed by atoms with van der Waals surface area (Å²) >= 11 is 0. The number of hydrogen-bond acceptors (Lipinski definition) is 3. The van der Waals surface area contributed by atoms with E-state index in [2.05, 4.69) is 25.6 Å². The molecule has 0 N–H and O–H groups in total. The van der Waals surface area contributed by atoms with Crippen LogP contribution in [0, 0.1) is 12.3 Å². The molecule has 0 aliphatic rings. The lowest BCUT2D eigenvalue weighted by Crippen LogP contribution is -2.44. The Morgan fingerprint density at radius 1 is 1.50 bits per heavy atom. The number of carbonyl (C=O) groups is 1. The second-order valence-electron chi connectivity index (χ2n) is 4.19. The van der Waals surface area contributed by atoms with Crippen molar-refractivity contribution >= 4 is 14.2 Å². The number of nitrogens with zero attached hydrogens (tertiary/aromatic N) is 1. The van der Waals surface area contributed by atoms with E-state index < -0.39 is 8.24 Å². The van der Waals surface area contributed by atoms with Gasteiger partial charge >= 0.3 is 5.97 Å². The topological polar surface area (TPSA) is 29.5 Å². The van der Waals surface area contributed by atoms with E-state index in [1.54, 1.807) is 4.73 Å². The molecule has 0 fully saturated rings. The molecule has 0 spiro atoms. The van der Waals surface area contributed by atoms with Gasteiger partial charge in [0.2, 0.25) is 0 Å². The van der Waals surface area contributed by atoms with Crippen molar-refractivity contribution in [2.75, 3.05) is 7.05 Å². The highest BCUT2D eigenvalue weighted by Gasteiger charge is 2.23. The number of rotatable bonds is 5. The Morgan fingerprint density at radius 3 is 2.50 bits per heavy atom. The van der Waals surface area contributed by atoms with Crippen molar-refractivity contribution in [3.8, 4) is 12.3 Å². The van der Waals surface area contributed by atoms with E-state index in [4.69, 9.17) is 11.3 Å². The maximum Gasteiger partial charge on any atom is 0.324 e. The summed E-state index contributed by atoms with van der Waals surface area (Å²) in [5.74, 6) is 2.30. The molecule has 0 saturated carbocycles. The zero-order chi connectivity index (χ0) is 11.2. The van der Waals surface area contributed by atoms with Crippen molar-refractivity contribution in [1.29, 1.82) is 0 Å². The Kier molecular flexibility index (Phi) is 5.51. The van der Waals surface area contributed by atoms with Crippen LogP contribution in [0.3, 0.4) is 0 Å². The van der Waals surface area contributed by atoms with Gasteiger partial charge in [-0.25, -0.2) is 0 Å². The minimum absolute atomic E-state index is 0.190. The van der Waals surface area contributed by atoms with E-state index in [0.29, 0.717) is 19.3 Å². The van der Waals surface area contributed by atoms with Gasteiger partial charge in [0.05, 0.1) is 0 Å². The van der Waals surface area contributed by atoms with E-state index >= 15 is 0 Å². The normalized spacial score (nSPS) is 11.1. The van der Waals surface area contributed by atoms with Crippen molar-refractivity contribution in [3.05, 3.63) is 0 Å². The van der Waals surface area contributed by atoms with Crippen molar-refractivity contribution < 1.29 is 9.63 Å². The quantitative estimate of drug-likeness (QED) is 0.303. The third-order valence-corrected chi connectivity index (χ3v) is 3.87. The Bertz CT molecular complexity index is 227. The first-order valence-corrected chi connectivity index (χ1v) is 8.20. The Morgan fingerprint density at radius 2 is 2.07 bits per heavy atom. The lowest BCUT2D eigenvalue weighted by molar-refractivity contribution is -0.168. The molecule has 0 amide bonds. The minimum Gasteiger partial charge on any atom is -0.376 e. The molecule has 0 aliphatic carbocycles. The fourth-order valence-corrected chi connectivity index (χ4v) is 1.05. The molecule has 0 saturated heterocycles. The monoisotopic (exact) mass is 213 g/mol. The summed E-state index contributed by atoms with van der Waals surface area (Å²) in [7, 11) is 0.290. The molecule has 0 aromatic rings. The Labute approximate surface area is 87.5 Å². The first kappa shape index (κ1) is 13.2. The average Bonchev–Trinajstić information content (AvgIpc) is 2.03. The maximum atomic E-state index is 11.3. The predicted octanol–water partition coefficient (Wildman–Crippen LogP) is 2.01. The molecule has 0 aliphatic heterocycles. The highest BCUT2D eigenvalue weighted by Crippen LogP contribution is 2.08. The van der Waals surface area contributed by atoms with Crippen LogP contribution in [0.4, 0.5) is 0 Å². The third kappa shape index (κ3) is 5.78. The molecule has 0 atom stereocenters. The van der Waals surface area contributed by atoms with E-state index in [9.17, 15) is 4.79 Å². The first-order chi connectivity index (χ1) is 6.38. The zero-order valence-electron chi connectivity index (χ0n) is 9.46. The van der Waals surface area contributed by atoms with Crippen LogP contribution in [0.5, 0.6) is 0 Å². The smallest absolute Gasteiger partial charge is 0.324 e. The van der Waals surface area contributed by atoms with Crippen LogP contribution in [0.25, 0.3) is 0 Å². The van der Waals surface area contributed by atoms with Crippen molar-refractivity contribution in [3.63, 3.8) is 0 Å². The number of hydrogen-bond donors (Lipinski definition) is 0. The summed E-state index contributed by atoms with van der Waals surface area (Å²) < 4.78 is 1.70. The molecular formula is C10H19NO2Si. The Hall–Kier alpha value is -0.793. The van der Waals surface area contributed by atoms with Gasteiger partial charge in [-0.1, -0.05) is 19.6 Å². The second-order valence-corrected chi connectivity index (χ2v) is 9.16. The van der Waals surface area contributed by atoms with Crippen molar-refractivity contribution in [2.24, 2.45) is 0 Å². The summed E-state index contributed by atoms with van der Waals surface area (Å²) in [5, 5.41) is 0. The van der Waals surface area contributed by atoms with Gasteiger partial charge in [-0.15, -0.1) is 12.3 Å². The molecule has 0 radical (unpaired) electrons. The molecule has 0 heterocycles. The molecule has 0 bridgehead atoms. The van der Waals surface area contributed by atoms with E-state index in [0.717, 1.165) is 0 Å². The molecule has 0 unspecified atom stereocenters.